The summed E-state index contributed by atoms with van der Waals surface area (Å²) in [6, 6.07) is 7.66. The molecule has 3 heterocycles. The van der Waals surface area contributed by atoms with Crippen molar-refractivity contribution in [2.24, 2.45) is 5.92 Å². The van der Waals surface area contributed by atoms with Gasteiger partial charge in [0.2, 0.25) is 5.91 Å². The van der Waals surface area contributed by atoms with Crippen molar-refractivity contribution in [2.75, 3.05) is 62.2 Å². The van der Waals surface area contributed by atoms with Crippen molar-refractivity contribution in [3.63, 3.8) is 0 Å². The van der Waals surface area contributed by atoms with Crippen LogP contribution in [0.1, 0.15) is 33.6 Å². The molecule has 3 fully saturated rings. The topological polar surface area (TPSA) is 85.4 Å². The van der Waals surface area contributed by atoms with Crippen molar-refractivity contribution < 1.29 is 19.1 Å². The number of imide groups is 1. The van der Waals surface area contributed by atoms with E-state index in [1.54, 1.807) is 4.90 Å². The van der Waals surface area contributed by atoms with Gasteiger partial charge in [-0.1, -0.05) is 0 Å². The molecule has 1 aromatic carbocycles. The summed E-state index contributed by atoms with van der Waals surface area (Å²) in [5.41, 5.74) is 1.51. The van der Waals surface area contributed by atoms with Gasteiger partial charge in [-0.25, -0.2) is 9.59 Å². The van der Waals surface area contributed by atoms with E-state index in [2.05, 4.69) is 27.2 Å². The first-order valence-electron chi connectivity index (χ1n) is 11.8. The molecule has 1 unspecified atom stereocenters. The minimum Gasteiger partial charge on any atom is -0.444 e. The minimum absolute atomic E-state index is 0.216. The van der Waals surface area contributed by atoms with Crippen LogP contribution in [0.25, 0.3) is 0 Å². The third-order valence-corrected chi connectivity index (χ3v) is 6.41. The van der Waals surface area contributed by atoms with Crippen LogP contribution in [-0.4, -0.2) is 85.8 Å². The molecule has 33 heavy (non-hydrogen) atoms. The lowest BCUT2D eigenvalue weighted by molar-refractivity contribution is -0.120. The van der Waals surface area contributed by atoms with E-state index in [-0.39, 0.29) is 18.0 Å². The van der Waals surface area contributed by atoms with Crippen LogP contribution in [0.15, 0.2) is 24.3 Å². The highest BCUT2D eigenvalue weighted by Crippen LogP contribution is 2.27. The van der Waals surface area contributed by atoms with Crippen LogP contribution >= 0.6 is 0 Å². The lowest BCUT2D eigenvalue weighted by Gasteiger charge is -2.36. The van der Waals surface area contributed by atoms with Gasteiger partial charge in [0.15, 0.2) is 0 Å². The third kappa shape index (κ3) is 5.96. The summed E-state index contributed by atoms with van der Waals surface area (Å²) in [6.07, 6.45) is 1.25. The monoisotopic (exact) mass is 457 g/mol. The average molecular weight is 458 g/mol. The minimum atomic E-state index is -0.459. The number of ether oxygens (including phenoxy) is 1. The molecule has 0 saturated carbocycles. The number of amides is 4. The van der Waals surface area contributed by atoms with Crippen LogP contribution in [0, 0.1) is 5.92 Å². The van der Waals surface area contributed by atoms with Gasteiger partial charge in [-0.3, -0.25) is 19.9 Å². The van der Waals surface area contributed by atoms with E-state index >= 15 is 0 Å². The molecule has 4 rings (SSSR count). The fraction of sp³-hybridized carbons (Fsp3) is 0.625. The first-order chi connectivity index (χ1) is 15.7. The predicted octanol–water partition coefficient (Wildman–Crippen LogP) is 2.51. The third-order valence-electron chi connectivity index (χ3n) is 6.41. The highest BCUT2D eigenvalue weighted by Gasteiger charge is 2.30. The molecule has 1 N–H and O–H groups in total. The number of benzene rings is 1. The summed E-state index contributed by atoms with van der Waals surface area (Å²) < 4.78 is 5.49. The molecule has 0 radical (unpaired) electrons. The largest absolute Gasteiger partial charge is 0.444 e. The van der Waals surface area contributed by atoms with E-state index in [0.717, 1.165) is 50.5 Å². The highest BCUT2D eigenvalue weighted by molar-refractivity contribution is 6.05. The molecule has 0 aromatic heterocycles. The molecule has 1 aromatic rings. The summed E-state index contributed by atoms with van der Waals surface area (Å²) in [7, 11) is 0. The number of rotatable bonds is 4. The van der Waals surface area contributed by atoms with Crippen molar-refractivity contribution >= 4 is 29.4 Å². The second-order valence-electron chi connectivity index (χ2n) is 10.1. The van der Waals surface area contributed by atoms with E-state index < -0.39 is 5.60 Å². The smallest absolute Gasteiger partial charge is 0.410 e. The number of nitrogens with zero attached hydrogens (tertiary/aromatic N) is 4. The maximum Gasteiger partial charge on any atom is 0.410 e. The van der Waals surface area contributed by atoms with Crippen LogP contribution in [0.5, 0.6) is 0 Å². The first-order valence-corrected chi connectivity index (χ1v) is 11.8. The van der Waals surface area contributed by atoms with Gasteiger partial charge in [0, 0.05) is 70.2 Å². The number of carbonyl (C=O) groups excluding carboxylic acids is 3. The molecule has 1 atom stereocenters. The van der Waals surface area contributed by atoms with E-state index in [1.807, 2.05) is 37.8 Å². The number of carbonyl (C=O) groups is 3. The Morgan fingerprint density at radius 2 is 1.67 bits per heavy atom. The number of hydrogen-bond donors (Lipinski definition) is 1. The van der Waals surface area contributed by atoms with Crippen molar-refractivity contribution in [3.05, 3.63) is 24.3 Å². The number of urea groups is 1. The zero-order valence-corrected chi connectivity index (χ0v) is 19.9. The molecule has 9 nitrogen and oxygen atoms in total. The summed E-state index contributed by atoms with van der Waals surface area (Å²) in [5, 5.41) is 2.37. The van der Waals surface area contributed by atoms with Gasteiger partial charge in [-0.05, 0) is 57.4 Å². The van der Waals surface area contributed by atoms with Gasteiger partial charge in [0.1, 0.15) is 5.60 Å². The molecule has 0 aliphatic carbocycles. The van der Waals surface area contributed by atoms with E-state index in [9.17, 15) is 14.4 Å². The highest BCUT2D eigenvalue weighted by atomic mass is 16.6. The Hall–Kier alpha value is -2.81. The summed E-state index contributed by atoms with van der Waals surface area (Å²) in [6.45, 7) is 12.3. The Balaban J connectivity index is 1.23. The van der Waals surface area contributed by atoms with Crippen molar-refractivity contribution in [2.45, 2.75) is 39.2 Å². The van der Waals surface area contributed by atoms with Crippen molar-refractivity contribution in [1.29, 1.82) is 0 Å². The number of anilines is 2. The molecule has 4 amide bonds. The van der Waals surface area contributed by atoms with Crippen LogP contribution in [0.2, 0.25) is 0 Å². The molecule has 3 aliphatic rings. The molecule has 9 heteroatoms. The maximum atomic E-state index is 12.3. The first kappa shape index (κ1) is 23.4. The molecular formula is C24H35N5O4. The second-order valence-corrected chi connectivity index (χ2v) is 10.1. The zero-order valence-electron chi connectivity index (χ0n) is 19.9. The van der Waals surface area contributed by atoms with Gasteiger partial charge in [0.05, 0.1) is 0 Å². The van der Waals surface area contributed by atoms with Gasteiger partial charge < -0.3 is 14.5 Å². The summed E-state index contributed by atoms with van der Waals surface area (Å²) >= 11 is 0. The van der Waals surface area contributed by atoms with Crippen LogP contribution < -0.4 is 15.1 Å². The zero-order chi connectivity index (χ0) is 23.6. The Morgan fingerprint density at radius 1 is 1.00 bits per heavy atom. The number of hydrogen-bond acceptors (Lipinski definition) is 6. The molecule has 3 saturated heterocycles. The normalized spacial score (nSPS) is 22.5. The van der Waals surface area contributed by atoms with Crippen LogP contribution in [0.4, 0.5) is 21.0 Å². The fourth-order valence-electron chi connectivity index (χ4n) is 4.67. The van der Waals surface area contributed by atoms with Gasteiger partial charge in [-0.2, -0.15) is 0 Å². The van der Waals surface area contributed by atoms with Gasteiger partial charge >= 0.3 is 12.1 Å². The van der Waals surface area contributed by atoms with Crippen LogP contribution in [0.3, 0.4) is 0 Å². The Bertz CT molecular complexity index is 874. The van der Waals surface area contributed by atoms with E-state index in [0.29, 0.717) is 32.0 Å². The van der Waals surface area contributed by atoms with Gasteiger partial charge in [0.25, 0.3) is 0 Å². The molecule has 180 valence electrons. The molecular weight excluding hydrogens is 422 g/mol. The number of nitrogens with one attached hydrogen (secondary N) is 1. The SMILES string of the molecule is CC(C)(C)OC(=O)N1CCN(CC2CCN(c3ccc(N4CCC(=O)NC4=O)cc3)C2)CC1. The standard InChI is InChI=1S/C24H35N5O4/c1-24(2,3)33-23(32)27-14-12-26(13-15-27)16-18-8-10-28(17-18)19-4-6-20(7-5-19)29-11-9-21(30)25-22(29)31/h4-7,18H,8-17H2,1-3H3,(H,25,30,31). The second kappa shape index (κ2) is 9.59. The predicted molar refractivity (Wildman–Crippen MR) is 127 cm³/mol. The quantitative estimate of drug-likeness (QED) is 0.748. The lowest BCUT2D eigenvalue weighted by Crippen LogP contribution is -2.51. The fourth-order valence-corrected chi connectivity index (χ4v) is 4.67. The molecule has 0 bridgehead atoms. The van der Waals surface area contributed by atoms with Crippen molar-refractivity contribution in [3.8, 4) is 0 Å². The summed E-state index contributed by atoms with van der Waals surface area (Å²) in [5.74, 6) is 0.374. The Kier molecular flexibility index (Phi) is 6.78. The maximum absolute atomic E-state index is 12.3. The van der Waals surface area contributed by atoms with Gasteiger partial charge in [-0.15, -0.1) is 0 Å². The Labute approximate surface area is 195 Å². The van der Waals surface area contributed by atoms with Crippen LogP contribution in [-0.2, 0) is 9.53 Å². The molecule has 3 aliphatic heterocycles. The summed E-state index contributed by atoms with van der Waals surface area (Å²) in [4.78, 5) is 43.9. The number of piperazine rings is 1. The van der Waals surface area contributed by atoms with E-state index in [4.69, 9.17) is 4.74 Å². The van der Waals surface area contributed by atoms with Crippen molar-refractivity contribution in [1.82, 2.24) is 15.1 Å². The van der Waals surface area contributed by atoms with E-state index in [1.165, 1.54) is 0 Å². The lowest BCUT2D eigenvalue weighted by atomic mass is 10.1. The molecule has 0 spiro atoms. The average Bonchev–Trinajstić information content (AvgIpc) is 3.22. The Morgan fingerprint density at radius 3 is 2.30 bits per heavy atom.